The van der Waals surface area contributed by atoms with Crippen molar-refractivity contribution in [3.8, 4) is 0 Å². The molecule has 1 atom stereocenters. The van der Waals surface area contributed by atoms with Gasteiger partial charge in [-0.05, 0) is 51.5 Å². The lowest BCUT2D eigenvalue weighted by Gasteiger charge is -2.31. The number of likely N-dealkylation sites (tertiary alicyclic amines) is 1. The second-order valence-corrected chi connectivity index (χ2v) is 8.50. The largest absolute Gasteiger partial charge is 0.445 e. The maximum Gasteiger partial charge on any atom is 0.410 e. The van der Waals surface area contributed by atoms with E-state index in [-0.39, 0.29) is 24.8 Å². The summed E-state index contributed by atoms with van der Waals surface area (Å²) in [6.07, 6.45) is 2.48. The van der Waals surface area contributed by atoms with Crippen LogP contribution in [0.15, 0.2) is 30.3 Å². The maximum atomic E-state index is 12.7. The molecule has 0 bridgehead atoms. The number of benzene rings is 1. The van der Waals surface area contributed by atoms with Crippen molar-refractivity contribution in [2.24, 2.45) is 5.92 Å². The number of nitrogens with zero attached hydrogens (tertiary/aromatic N) is 2. The number of hydrogen-bond acceptors (Lipinski definition) is 4. The van der Waals surface area contributed by atoms with E-state index in [1.54, 1.807) is 4.90 Å². The van der Waals surface area contributed by atoms with Gasteiger partial charge in [-0.1, -0.05) is 30.3 Å². The molecule has 1 saturated carbocycles. The lowest BCUT2D eigenvalue weighted by Crippen LogP contribution is -2.46. The number of ether oxygens (including phenoxy) is 2. The van der Waals surface area contributed by atoms with E-state index in [1.807, 2.05) is 56.0 Å². The van der Waals surface area contributed by atoms with Gasteiger partial charge in [-0.15, -0.1) is 0 Å². The highest BCUT2D eigenvalue weighted by Crippen LogP contribution is 2.32. The van der Waals surface area contributed by atoms with Crippen molar-refractivity contribution < 1.29 is 19.1 Å². The van der Waals surface area contributed by atoms with E-state index in [4.69, 9.17) is 9.47 Å². The topological polar surface area (TPSA) is 59.1 Å². The molecule has 2 fully saturated rings. The van der Waals surface area contributed by atoms with E-state index < -0.39 is 5.60 Å². The zero-order chi connectivity index (χ0) is 19.4. The molecule has 1 aromatic rings. The van der Waals surface area contributed by atoms with Crippen LogP contribution in [0.3, 0.4) is 0 Å². The second kappa shape index (κ2) is 8.19. The summed E-state index contributed by atoms with van der Waals surface area (Å²) in [6, 6.07) is 9.63. The third-order valence-corrected chi connectivity index (χ3v) is 4.85. The first kappa shape index (κ1) is 19.5. The summed E-state index contributed by atoms with van der Waals surface area (Å²) < 4.78 is 11.0. The van der Waals surface area contributed by atoms with Crippen LogP contribution < -0.4 is 0 Å². The minimum Gasteiger partial charge on any atom is -0.445 e. The van der Waals surface area contributed by atoms with Crippen LogP contribution >= 0.6 is 0 Å². The highest BCUT2D eigenvalue weighted by molar-refractivity contribution is 5.70. The highest BCUT2D eigenvalue weighted by Gasteiger charge is 2.38. The van der Waals surface area contributed by atoms with Crippen LogP contribution in [-0.2, 0) is 16.1 Å². The van der Waals surface area contributed by atoms with Crippen LogP contribution in [0.1, 0.15) is 45.6 Å². The number of carbonyl (C=O) groups is 2. The van der Waals surface area contributed by atoms with Gasteiger partial charge in [0.25, 0.3) is 0 Å². The summed E-state index contributed by atoms with van der Waals surface area (Å²) in [5.41, 5.74) is 0.442. The summed E-state index contributed by atoms with van der Waals surface area (Å²) in [5.74, 6) is 0.566. The summed E-state index contributed by atoms with van der Waals surface area (Å²) in [5, 5.41) is 0. The summed E-state index contributed by atoms with van der Waals surface area (Å²) >= 11 is 0. The van der Waals surface area contributed by atoms with Crippen LogP contribution in [0.2, 0.25) is 0 Å². The number of carbonyl (C=O) groups excluding carboxylic acids is 2. The Balaban J connectivity index is 1.54. The average molecular weight is 374 g/mol. The van der Waals surface area contributed by atoms with Crippen molar-refractivity contribution in [2.45, 2.75) is 58.3 Å². The third kappa shape index (κ3) is 5.88. The van der Waals surface area contributed by atoms with Crippen LogP contribution in [-0.4, -0.2) is 53.3 Å². The van der Waals surface area contributed by atoms with Crippen molar-refractivity contribution in [3.05, 3.63) is 35.9 Å². The molecule has 3 rings (SSSR count). The predicted octanol–water partition coefficient (Wildman–Crippen LogP) is 4.04. The molecule has 1 aromatic carbocycles. The monoisotopic (exact) mass is 374 g/mol. The molecule has 6 heteroatoms. The minimum atomic E-state index is -0.522. The Hall–Kier alpha value is -2.24. The standard InChI is InChI=1S/C21H30N2O4/c1-21(2,3)27-20(25)23(13-16-9-10-16)18-11-12-22(14-18)19(24)26-15-17-7-5-4-6-8-17/h4-8,16,18H,9-15H2,1-3H3. The molecular formula is C21H30N2O4. The molecule has 0 radical (unpaired) electrons. The van der Waals surface area contributed by atoms with Gasteiger partial charge in [0.15, 0.2) is 0 Å². The summed E-state index contributed by atoms with van der Waals surface area (Å²) in [7, 11) is 0. The Morgan fingerprint density at radius 2 is 1.85 bits per heavy atom. The molecule has 1 aliphatic carbocycles. The number of amides is 2. The smallest absolute Gasteiger partial charge is 0.410 e. The van der Waals surface area contributed by atoms with Crippen LogP contribution in [0.5, 0.6) is 0 Å². The third-order valence-electron chi connectivity index (χ3n) is 4.85. The number of hydrogen-bond donors (Lipinski definition) is 0. The SMILES string of the molecule is CC(C)(C)OC(=O)N(CC1CC1)C1CCN(C(=O)OCc2ccccc2)C1. The van der Waals surface area contributed by atoms with E-state index in [1.165, 1.54) is 0 Å². The fraction of sp³-hybridized carbons (Fsp3) is 0.619. The van der Waals surface area contributed by atoms with Crippen LogP contribution in [0.25, 0.3) is 0 Å². The van der Waals surface area contributed by atoms with Gasteiger partial charge < -0.3 is 19.3 Å². The molecule has 1 aliphatic heterocycles. The zero-order valence-corrected chi connectivity index (χ0v) is 16.5. The van der Waals surface area contributed by atoms with Gasteiger partial charge in [0.2, 0.25) is 0 Å². The van der Waals surface area contributed by atoms with Gasteiger partial charge in [0, 0.05) is 19.6 Å². The van der Waals surface area contributed by atoms with Crippen molar-refractivity contribution in [1.29, 1.82) is 0 Å². The molecule has 2 amide bonds. The molecule has 0 aromatic heterocycles. The Morgan fingerprint density at radius 3 is 2.48 bits per heavy atom. The zero-order valence-electron chi connectivity index (χ0n) is 16.5. The Labute approximate surface area is 161 Å². The first-order chi connectivity index (χ1) is 12.8. The van der Waals surface area contributed by atoms with E-state index in [0.29, 0.717) is 25.6 Å². The second-order valence-electron chi connectivity index (χ2n) is 8.50. The van der Waals surface area contributed by atoms with E-state index in [9.17, 15) is 9.59 Å². The van der Waals surface area contributed by atoms with Gasteiger partial charge in [-0.2, -0.15) is 0 Å². The molecule has 6 nitrogen and oxygen atoms in total. The number of rotatable bonds is 5. The average Bonchev–Trinajstić information content (AvgIpc) is 3.31. The van der Waals surface area contributed by atoms with E-state index in [0.717, 1.165) is 24.8 Å². The highest BCUT2D eigenvalue weighted by atomic mass is 16.6. The van der Waals surface area contributed by atoms with Crippen molar-refractivity contribution in [2.75, 3.05) is 19.6 Å². The Kier molecular flexibility index (Phi) is 5.92. The van der Waals surface area contributed by atoms with Crippen molar-refractivity contribution >= 4 is 12.2 Å². The quantitative estimate of drug-likeness (QED) is 0.780. The van der Waals surface area contributed by atoms with Crippen molar-refractivity contribution in [3.63, 3.8) is 0 Å². The summed E-state index contributed by atoms with van der Waals surface area (Å²) in [6.45, 7) is 7.71. The molecular weight excluding hydrogens is 344 g/mol. The molecule has 148 valence electrons. The fourth-order valence-corrected chi connectivity index (χ4v) is 3.24. The normalized spacial score (nSPS) is 19.7. The van der Waals surface area contributed by atoms with Crippen molar-refractivity contribution in [1.82, 2.24) is 9.80 Å². The summed E-state index contributed by atoms with van der Waals surface area (Å²) in [4.78, 5) is 28.6. The molecule has 1 saturated heterocycles. The lowest BCUT2D eigenvalue weighted by molar-refractivity contribution is 0.0153. The Bertz CT molecular complexity index is 652. The molecule has 1 unspecified atom stereocenters. The fourth-order valence-electron chi connectivity index (χ4n) is 3.24. The first-order valence-corrected chi connectivity index (χ1v) is 9.77. The van der Waals surface area contributed by atoms with Crippen LogP contribution in [0.4, 0.5) is 9.59 Å². The minimum absolute atomic E-state index is 0.00951. The van der Waals surface area contributed by atoms with E-state index in [2.05, 4.69) is 0 Å². The van der Waals surface area contributed by atoms with Crippen LogP contribution in [0, 0.1) is 5.92 Å². The van der Waals surface area contributed by atoms with E-state index >= 15 is 0 Å². The van der Waals surface area contributed by atoms with Gasteiger partial charge in [0.05, 0.1) is 6.04 Å². The van der Waals surface area contributed by atoms with Gasteiger partial charge in [-0.25, -0.2) is 9.59 Å². The molecule has 27 heavy (non-hydrogen) atoms. The van der Waals surface area contributed by atoms with Gasteiger partial charge in [0.1, 0.15) is 12.2 Å². The van der Waals surface area contributed by atoms with Gasteiger partial charge >= 0.3 is 12.2 Å². The first-order valence-electron chi connectivity index (χ1n) is 9.77. The van der Waals surface area contributed by atoms with Gasteiger partial charge in [-0.3, -0.25) is 0 Å². The Morgan fingerprint density at radius 1 is 1.15 bits per heavy atom. The lowest BCUT2D eigenvalue weighted by atomic mass is 10.2. The molecule has 0 spiro atoms. The molecule has 1 heterocycles. The predicted molar refractivity (Wildman–Crippen MR) is 102 cm³/mol. The molecule has 0 N–H and O–H groups in total. The molecule has 2 aliphatic rings. The maximum absolute atomic E-state index is 12.7.